The molecule has 2 aromatic carbocycles. The summed E-state index contributed by atoms with van der Waals surface area (Å²) >= 11 is 5.43. The lowest BCUT2D eigenvalue weighted by molar-refractivity contribution is -0.147. The Kier molecular flexibility index (Phi) is 8.16. The van der Waals surface area contributed by atoms with Crippen molar-refractivity contribution in [3.63, 3.8) is 0 Å². The summed E-state index contributed by atoms with van der Waals surface area (Å²) in [6, 6.07) is 12.9. The fourth-order valence-electron chi connectivity index (χ4n) is 3.64. The average Bonchev–Trinajstić information content (AvgIpc) is 2.75. The molecule has 1 fully saturated rings. The molecule has 3 rings (SSSR count). The van der Waals surface area contributed by atoms with Gasteiger partial charge in [0, 0.05) is 13.1 Å². The van der Waals surface area contributed by atoms with Gasteiger partial charge in [0.1, 0.15) is 6.04 Å². The van der Waals surface area contributed by atoms with Crippen LogP contribution in [0.3, 0.4) is 0 Å². The molecule has 0 spiro atoms. The Balaban J connectivity index is 1.61. The van der Waals surface area contributed by atoms with E-state index in [0.717, 1.165) is 22.8 Å². The summed E-state index contributed by atoms with van der Waals surface area (Å²) in [5.74, 6) is -0.609. The Labute approximate surface area is 193 Å². The molecule has 1 saturated heterocycles. The van der Waals surface area contributed by atoms with Crippen LogP contribution in [0.2, 0.25) is 0 Å². The highest BCUT2D eigenvalue weighted by atomic mass is 32.1. The second-order valence-electron chi connectivity index (χ2n) is 8.28. The van der Waals surface area contributed by atoms with E-state index in [4.69, 9.17) is 17.0 Å². The normalized spacial score (nSPS) is 16.0. The number of carbonyl (C=O) groups is 3. The summed E-state index contributed by atoms with van der Waals surface area (Å²) in [7, 11) is 0. The highest BCUT2D eigenvalue weighted by Crippen LogP contribution is 2.19. The van der Waals surface area contributed by atoms with E-state index >= 15 is 0 Å². The lowest BCUT2D eigenvalue weighted by atomic mass is 10.0. The number of carbonyl (C=O) groups excluding carboxylic acids is 3. The molecule has 0 aliphatic carbocycles. The van der Waals surface area contributed by atoms with Crippen LogP contribution < -0.4 is 10.6 Å². The highest BCUT2D eigenvalue weighted by molar-refractivity contribution is 7.80. The number of fused-ring (bicyclic) bond motifs is 1. The lowest BCUT2D eigenvalue weighted by Crippen LogP contribution is -2.60. The predicted octanol–water partition coefficient (Wildman–Crippen LogP) is 2.56. The molecule has 170 valence electrons. The summed E-state index contributed by atoms with van der Waals surface area (Å²) in [5, 5.41) is 7.69. The van der Waals surface area contributed by atoms with Crippen molar-refractivity contribution in [2.24, 2.45) is 5.92 Å². The van der Waals surface area contributed by atoms with Gasteiger partial charge in [0.15, 0.2) is 5.11 Å². The van der Waals surface area contributed by atoms with E-state index in [1.165, 1.54) is 0 Å². The van der Waals surface area contributed by atoms with Crippen molar-refractivity contribution in [2.45, 2.75) is 39.2 Å². The zero-order valence-electron chi connectivity index (χ0n) is 18.4. The summed E-state index contributed by atoms with van der Waals surface area (Å²) in [5.41, 5.74) is 0.894. The van der Waals surface area contributed by atoms with Crippen molar-refractivity contribution in [3.05, 3.63) is 48.0 Å². The Bertz CT molecular complexity index is 1000. The van der Waals surface area contributed by atoms with Gasteiger partial charge in [-0.3, -0.25) is 14.4 Å². The van der Waals surface area contributed by atoms with Gasteiger partial charge in [-0.1, -0.05) is 56.3 Å². The number of rotatable bonds is 7. The number of nitrogens with one attached hydrogen (secondary N) is 2. The van der Waals surface area contributed by atoms with E-state index in [1.807, 2.05) is 56.3 Å². The summed E-state index contributed by atoms with van der Waals surface area (Å²) < 4.78 is 5.26. The van der Waals surface area contributed by atoms with E-state index in [2.05, 4.69) is 10.6 Å². The fraction of sp³-hybridized carbons (Fsp3) is 0.417. The third-order valence-electron chi connectivity index (χ3n) is 5.39. The van der Waals surface area contributed by atoms with Crippen LogP contribution in [0.25, 0.3) is 10.8 Å². The van der Waals surface area contributed by atoms with E-state index in [-0.39, 0.29) is 29.8 Å². The number of amides is 2. The maximum absolute atomic E-state index is 12.7. The summed E-state index contributed by atoms with van der Waals surface area (Å²) in [4.78, 5) is 39.0. The van der Waals surface area contributed by atoms with Crippen LogP contribution in [0.15, 0.2) is 42.5 Å². The molecular formula is C24H29N3O4S. The van der Waals surface area contributed by atoms with E-state index in [0.29, 0.717) is 25.6 Å². The number of ether oxygens (including phenoxy) is 1. The van der Waals surface area contributed by atoms with Crippen molar-refractivity contribution in [1.29, 1.82) is 0 Å². The van der Waals surface area contributed by atoms with Gasteiger partial charge in [-0.15, -0.1) is 0 Å². The number of nitrogens with zero attached hydrogens (tertiary/aromatic N) is 1. The van der Waals surface area contributed by atoms with Gasteiger partial charge >= 0.3 is 5.97 Å². The molecular weight excluding hydrogens is 426 g/mol. The first-order valence-corrected chi connectivity index (χ1v) is 11.3. The highest BCUT2D eigenvalue weighted by Gasteiger charge is 2.34. The first-order chi connectivity index (χ1) is 15.3. The van der Waals surface area contributed by atoms with E-state index < -0.39 is 12.0 Å². The molecule has 1 heterocycles. The molecule has 1 aliphatic heterocycles. The van der Waals surface area contributed by atoms with Crippen molar-refractivity contribution in [2.75, 3.05) is 19.7 Å². The van der Waals surface area contributed by atoms with Gasteiger partial charge in [-0.2, -0.15) is 0 Å². The van der Waals surface area contributed by atoms with E-state index in [9.17, 15) is 14.4 Å². The second kappa shape index (κ2) is 11.0. The Morgan fingerprint density at radius 1 is 1.22 bits per heavy atom. The lowest BCUT2D eigenvalue weighted by Gasteiger charge is -2.36. The standard InChI is InChI=1S/C24H29N3O4S/c1-16(2)10-13-31-22(29)15-20-23(30)25-11-12-27(20)24(32)26-21(28)14-18-8-5-7-17-6-3-4-9-19(17)18/h3-9,16,20H,10-15H2,1-2H3,(H,25,30)(H,26,28,32). The van der Waals surface area contributed by atoms with Crippen LogP contribution in [0.1, 0.15) is 32.3 Å². The van der Waals surface area contributed by atoms with Gasteiger partial charge in [0.05, 0.1) is 19.4 Å². The number of thiocarbonyl (C=S) groups is 1. The SMILES string of the molecule is CC(C)CCOC(=O)CC1C(=O)NCCN1C(=S)NC(=O)Cc1cccc2ccccc12. The van der Waals surface area contributed by atoms with Crippen LogP contribution in [-0.4, -0.2) is 53.5 Å². The van der Waals surface area contributed by atoms with Crippen LogP contribution in [0, 0.1) is 5.92 Å². The van der Waals surface area contributed by atoms with Crippen LogP contribution >= 0.6 is 12.2 Å². The van der Waals surface area contributed by atoms with Gasteiger partial charge in [-0.25, -0.2) is 0 Å². The van der Waals surface area contributed by atoms with Crippen LogP contribution in [-0.2, 0) is 25.5 Å². The number of piperazine rings is 1. The number of benzene rings is 2. The zero-order valence-corrected chi connectivity index (χ0v) is 19.2. The molecule has 1 unspecified atom stereocenters. The van der Waals surface area contributed by atoms with Crippen LogP contribution in [0.4, 0.5) is 0 Å². The molecule has 32 heavy (non-hydrogen) atoms. The van der Waals surface area contributed by atoms with Gasteiger partial charge in [-0.05, 0) is 40.9 Å². The zero-order chi connectivity index (χ0) is 23.1. The monoisotopic (exact) mass is 455 g/mol. The molecule has 1 aliphatic rings. The van der Waals surface area contributed by atoms with Crippen molar-refractivity contribution < 1.29 is 19.1 Å². The first kappa shape index (κ1) is 23.7. The van der Waals surface area contributed by atoms with Gasteiger partial charge < -0.3 is 20.3 Å². The first-order valence-electron chi connectivity index (χ1n) is 10.9. The minimum absolute atomic E-state index is 0.122. The Morgan fingerprint density at radius 2 is 1.97 bits per heavy atom. The molecule has 2 amide bonds. The molecule has 0 saturated carbocycles. The third kappa shape index (κ3) is 6.26. The second-order valence-corrected chi connectivity index (χ2v) is 8.66. The fourth-order valence-corrected chi connectivity index (χ4v) is 3.97. The van der Waals surface area contributed by atoms with Gasteiger partial charge in [0.25, 0.3) is 0 Å². The van der Waals surface area contributed by atoms with Gasteiger partial charge in [0.2, 0.25) is 11.8 Å². The molecule has 0 radical (unpaired) electrons. The van der Waals surface area contributed by atoms with E-state index in [1.54, 1.807) is 4.90 Å². The molecule has 0 aromatic heterocycles. The minimum Gasteiger partial charge on any atom is -0.466 e. The minimum atomic E-state index is -0.805. The third-order valence-corrected chi connectivity index (χ3v) is 5.72. The molecule has 0 bridgehead atoms. The van der Waals surface area contributed by atoms with Crippen molar-refractivity contribution in [3.8, 4) is 0 Å². The quantitative estimate of drug-likeness (QED) is 0.493. The Morgan fingerprint density at radius 3 is 2.75 bits per heavy atom. The molecule has 1 atom stereocenters. The molecule has 7 nitrogen and oxygen atoms in total. The molecule has 2 aromatic rings. The topological polar surface area (TPSA) is 87.7 Å². The predicted molar refractivity (Wildman–Crippen MR) is 127 cm³/mol. The maximum Gasteiger partial charge on any atom is 0.308 e. The maximum atomic E-state index is 12.7. The number of hydrogen-bond donors (Lipinski definition) is 2. The van der Waals surface area contributed by atoms with Crippen molar-refractivity contribution >= 4 is 45.9 Å². The molecule has 2 N–H and O–H groups in total. The Hall–Kier alpha value is -3.00. The van der Waals surface area contributed by atoms with Crippen molar-refractivity contribution in [1.82, 2.24) is 15.5 Å². The summed E-state index contributed by atoms with van der Waals surface area (Å²) in [6.07, 6.45) is 0.793. The number of esters is 1. The average molecular weight is 456 g/mol. The smallest absolute Gasteiger partial charge is 0.308 e. The van der Waals surface area contributed by atoms with Crippen LogP contribution in [0.5, 0.6) is 0 Å². The molecule has 8 heteroatoms. The summed E-state index contributed by atoms with van der Waals surface area (Å²) in [6.45, 7) is 5.20. The largest absolute Gasteiger partial charge is 0.466 e. The number of hydrogen-bond acceptors (Lipinski definition) is 5.